The molecule has 0 amide bonds. The average molecular weight is 502 g/mol. The van der Waals surface area contributed by atoms with Crippen LogP contribution in [0.1, 0.15) is 11.5 Å². The van der Waals surface area contributed by atoms with Crippen molar-refractivity contribution >= 4 is 41.0 Å². The zero-order chi connectivity index (χ0) is 19.2. The molecule has 4 rings (SSSR count). The fourth-order valence-corrected chi connectivity index (χ4v) is 2.92. The van der Waals surface area contributed by atoms with E-state index in [0.717, 1.165) is 34.5 Å². The van der Waals surface area contributed by atoms with E-state index in [9.17, 15) is 0 Å². The highest BCUT2D eigenvalue weighted by Crippen LogP contribution is 2.17. The van der Waals surface area contributed by atoms with Crippen molar-refractivity contribution in [1.82, 2.24) is 25.6 Å². The number of oxazole rings is 1. The van der Waals surface area contributed by atoms with Gasteiger partial charge in [0.1, 0.15) is 12.1 Å². The molecule has 2 heterocycles. The van der Waals surface area contributed by atoms with Crippen LogP contribution in [-0.2, 0) is 13.0 Å². The molecule has 7 nitrogen and oxygen atoms in total. The number of halogens is 1. The lowest BCUT2D eigenvalue weighted by atomic mass is 10.2. The first-order chi connectivity index (χ1) is 13.8. The third-order valence-corrected chi connectivity index (χ3v) is 4.33. The minimum absolute atomic E-state index is 0. The number of imidazole rings is 1. The zero-order valence-corrected chi connectivity index (χ0v) is 18.4. The van der Waals surface area contributed by atoms with Gasteiger partial charge in [0, 0.05) is 25.6 Å². The van der Waals surface area contributed by atoms with Crippen LogP contribution in [0.25, 0.3) is 22.5 Å². The van der Waals surface area contributed by atoms with Crippen LogP contribution in [0.2, 0.25) is 0 Å². The first-order valence-electron chi connectivity index (χ1n) is 9.20. The van der Waals surface area contributed by atoms with E-state index in [2.05, 4.69) is 30.6 Å². The number of rotatable bonds is 6. The Morgan fingerprint density at radius 2 is 1.83 bits per heavy atom. The first kappa shape index (κ1) is 20.8. The number of H-pyrrole nitrogens is 1. The molecule has 0 aliphatic rings. The molecule has 0 spiro atoms. The molecular formula is C21H23IN6O. The summed E-state index contributed by atoms with van der Waals surface area (Å²) < 4.78 is 5.56. The summed E-state index contributed by atoms with van der Waals surface area (Å²) in [6, 6.07) is 17.9. The molecule has 3 N–H and O–H groups in total. The maximum absolute atomic E-state index is 5.56. The molecule has 0 atom stereocenters. The molecule has 2 aromatic heterocycles. The highest BCUT2D eigenvalue weighted by Gasteiger charge is 2.07. The van der Waals surface area contributed by atoms with Crippen molar-refractivity contribution in [2.45, 2.75) is 13.0 Å². The number of nitrogens with zero attached hydrogens (tertiary/aromatic N) is 3. The average Bonchev–Trinajstić information content (AvgIpc) is 3.38. The van der Waals surface area contributed by atoms with Gasteiger partial charge in [-0.3, -0.25) is 4.99 Å². The van der Waals surface area contributed by atoms with Gasteiger partial charge < -0.3 is 20.0 Å². The number of hydrogen-bond donors (Lipinski definition) is 3. The number of benzene rings is 2. The van der Waals surface area contributed by atoms with Gasteiger partial charge in [-0.05, 0) is 24.3 Å². The van der Waals surface area contributed by atoms with E-state index in [1.54, 1.807) is 13.3 Å². The van der Waals surface area contributed by atoms with Gasteiger partial charge in [-0.15, -0.1) is 24.0 Å². The highest BCUT2D eigenvalue weighted by atomic mass is 127. The number of guanidine groups is 1. The molecule has 0 saturated heterocycles. The van der Waals surface area contributed by atoms with Crippen LogP contribution in [0.4, 0.5) is 0 Å². The van der Waals surface area contributed by atoms with E-state index in [-0.39, 0.29) is 24.0 Å². The highest BCUT2D eigenvalue weighted by molar-refractivity contribution is 14.0. The van der Waals surface area contributed by atoms with Crippen molar-refractivity contribution in [1.29, 1.82) is 0 Å². The van der Waals surface area contributed by atoms with Crippen molar-refractivity contribution in [3.05, 3.63) is 72.4 Å². The van der Waals surface area contributed by atoms with Crippen LogP contribution < -0.4 is 10.6 Å². The summed E-state index contributed by atoms with van der Waals surface area (Å²) >= 11 is 0. The lowest BCUT2D eigenvalue weighted by Crippen LogP contribution is -2.38. The van der Waals surface area contributed by atoms with Crippen LogP contribution in [0.15, 0.2) is 70.3 Å². The Kier molecular flexibility index (Phi) is 7.23. The van der Waals surface area contributed by atoms with Gasteiger partial charge in [-0.2, -0.15) is 0 Å². The van der Waals surface area contributed by atoms with E-state index in [1.807, 2.05) is 54.6 Å². The smallest absolute Gasteiger partial charge is 0.226 e. The number of aromatic amines is 1. The summed E-state index contributed by atoms with van der Waals surface area (Å²) in [6.07, 6.45) is 2.44. The Balaban J connectivity index is 0.00000240. The van der Waals surface area contributed by atoms with Gasteiger partial charge in [0.05, 0.1) is 23.3 Å². The van der Waals surface area contributed by atoms with Crippen LogP contribution in [0.3, 0.4) is 0 Å². The molecule has 0 fully saturated rings. The molecule has 29 heavy (non-hydrogen) atoms. The second-order valence-electron chi connectivity index (χ2n) is 6.31. The lowest BCUT2D eigenvalue weighted by molar-refractivity contribution is 0.572. The van der Waals surface area contributed by atoms with Gasteiger partial charge in [0.2, 0.25) is 5.89 Å². The molecule has 4 aromatic rings. The molecule has 0 aliphatic carbocycles. The molecule has 0 radical (unpaired) electrons. The largest absolute Gasteiger partial charge is 0.444 e. The minimum Gasteiger partial charge on any atom is -0.444 e. The first-order valence-corrected chi connectivity index (χ1v) is 9.20. The van der Waals surface area contributed by atoms with E-state index < -0.39 is 0 Å². The Hall–Kier alpha value is -2.88. The van der Waals surface area contributed by atoms with Gasteiger partial charge in [-0.1, -0.05) is 30.3 Å². The summed E-state index contributed by atoms with van der Waals surface area (Å²) in [4.78, 5) is 16.7. The van der Waals surface area contributed by atoms with Crippen molar-refractivity contribution in [3.8, 4) is 11.5 Å². The van der Waals surface area contributed by atoms with Gasteiger partial charge >= 0.3 is 0 Å². The monoisotopic (exact) mass is 502 g/mol. The summed E-state index contributed by atoms with van der Waals surface area (Å²) in [5.41, 5.74) is 3.82. The topological polar surface area (TPSA) is 91.1 Å². The number of nitrogens with one attached hydrogen (secondary N) is 3. The van der Waals surface area contributed by atoms with Crippen molar-refractivity contribution in [3.63, 3.8) is 0 Å². The Labute approximate surface area is 186 Å². The third kappa shape index (κ3) is 5.35. The molecular weight excluding hydrogens is 479 g/mol. The maximum Gasteiger partial charge on any atom is 0.226 e. The Morgan fingerprint density at radius 1 is 1.03 bits per heavy atom. The van der Waals surface area contributed by atoms with Crippen LogP contribution in [0.5, 0.6) is 0 Å². The maximum atomic E-state index is 5.56. The lowest BCUT2D eigenvalue weighted by Gasteiger charge is -2.09. The Morgan fingerprint density at radius 3 is 2.62 bits per heavy atom. The molecule has 0 bridgehead atoms. The van der Waals surface area contributed by atoms with E-state index in [4.69, 9.17) is 4.42 Å². The van der Waals surface area contributed by atoms with Gasteiger partial charge in [-0.25, -0.2) is 9.97 Å². The molecule has 150 valence electrons. The second kappa shape index (κ2) is 10.1. The quantitative estimate of drug-likeness (QED) is 0.212. The normalized spacial score (nSPS) is 11.3. The van der Waals surface area contributed by atoms with Crippen LogP contribution >= 0.6 is 24.0 Å². The van der Waals surface area contributed by atoms with Crippen LogP contribution in [0, 0.1) is 0 Å². The van der Waals surface area contributed by atoms with Crippen LogP contribution in [-0.4, -0.2) is 34.5 Å². The fraction of sp³-hybridized carbons (Fsp3) is 0.190. The predicted octanol–water partition coefficient (Wildman–Crippen LogP) is 3.74. The summed E-state index contributed by atoms with van der Waals surface area (Å²) in [5, 5.41) is 6.54. The summed E-state index contributed by atoms with van der Waals surface area (Å²) in [6.45, 7) is 1.24. The van der Waals surface area contributed by atoms with Gasteiger partial charge in [0.15, 0.2) is 5.96 Å². The Bertz CT molecular complexity index is 1040. The zero-order valence-electron chi connectivity index (χ0n) is 16.1. The van der Waals surface area contributed by atoms with E-state index >= 15 is 0 Å². The number of fused-ring (bicyclic) bond motifs is 1. The second-order valence-corrected chi connectivity index (χ2v) is 6.31. The van der Waals surface area contributed by atoms with Crippen molar-refractivity contribution in [2.24, 2.45) is 4.99 Å². The SMILES string of the molecule is CN=C(NCCc1nc2ccccc2[nH]1)NCc1coc(-c2ccccc2)n1.I. The number of aliphatic imine (C=N–C) groups is 1. The standard InChI is InChI=1S/C21H22N6O.HI/c1-22-21(23-12-11-19-26-17-9-5-6-10-18(17)27-19)24-13-16-14-28-20(25-16)15-7-3-2-4-8-15;/h2-10,14H,11-13H2,1H3,(H,26,27)(H2,22,23,24);1H. The fourth-order valence-electron chi connectivity index (χ4n) is 2.92. The van der Waals surface area contributed by atoms with E-state index in [0.29, 0.717) is 24.9 Å². The number of hydrogen-bond acceptors (Lipinski definition) is 4. The van der Waals surface area contributed by atoms with Gasteiger partial charge in [0.25, 0.3) is 0 Å². The summed E-state index contributed by atoms with van der Waals surface area (Å²) in [5.74, 6) is 2.28. The predicted molar refractivity (Wildman–Crippen MR) is 125 cm³/mol. The van der Waals surface area contributed by atoms with E-state index in [1.165, 1.54) is 0 Å². The summed E-state index contributed by atoms with van der Waals surface area (Å²) in [7, 11) is 1.74. The molecule has 0 aliphatic heterocycles. The number of para-hydroxylation sites is 2. The minimum atomic E-state index is 0. The molecule has 0 unspecified atom stereocenters. The van der Waals surface area contributed by atoms with Crippen molar-refractivity contribution < 1.29 is 4.42 Å². The molecule has 2 aromatic carbocycles. The molecule has 8 heteroatoms. The number of aromatic nitrogens is 3. The van der Waals surface area contributed by atoms with Crippen molar-refractivity contribution in [2.75, 3.05) is 13.6 Å². The molecule has 0 saturated carbocycles. The third-order valence-electron chi connectivity index (χ3n) is 4.33.